The topological polar surface area (TPSA) is 130 Å². The van der Waals surface area contributed by atoms with Crippen molar-refractivity contribution in [1.82, 2.24) is 15.1 Å². The average molecular weight is 615 g/mol. The first-order valence-corrected chi connectivity index (χ1v) is 15.1. The number of hydrogen-bond donors (Lipinski definition) is 3. The number of carbonyl (C=O) groups is 3. The summed E-state index contributed by atoms with van der Waals surface area (Å²) in [7, 11) is 4.76. The highest BCUT2D eigenvalue weighted by molar-refractivity contribution is 6.04. The molecule has 1 spiro atoms. The standard InChI is InChI=1S/C34H38N4O7/c1-21-15-17-33(23-5-10-26(43-3)11-6-23,24-7-12-27(44-4)13-8-24)38(21)29(39)20-37-30(40)34(45-32(37)42)18-16-22-19-25(9-14-28(22)34)36-31(41)35-2/h5-14,19,21,29,39H,15-18,20H2,1-4H3,(H2,35,36,41)/t21?,29?,34-/m1/s1. The van der Waals surface area contributed by atoms with Crippen LogP contribution < -0.4 is 20.1 Å². The zero-order valence-electron chi connectivity index (χ0n) is 25.8. The molecule has 0 bridgehead atoms. The number of carbonyl (C=O) groups excluding carboxylic acids is 3. The first kappa shape index (κ1) is 30.4. The van der Waals surface area contributed by atoms with Crippen LogP contribution >= 0.6 is 0 Å². The van der Waals surface area contributed by atoms with Crippen molar-refractivity contribution in [1.29, 1.82) is 0 Å². The van der Waals surface area contributed by atoms with Crippen LogP contribution in [0.2, 0.25) is 0 Å². The van der Waals surface area contributed by atoms with Crippen molar-refractivity contribution < 1.29 is 33.7 Å². The van der Waals surface area contributed by atoms with Gasteiger partial charge in [-0.2, -0.15) is 0 Å². The maximum atomic E-state index is 14.0. The lowest BCUT2D eigenvalue weighted by molar-refractivity contribution is -0.140. The molecule has 0 aromatic heterocycles. The van der Waals surface area contributed by atoms with Gasteiger partial charge in [-0.1, -0.05) is 30.3 Å². The SMILES string of the molecule is CNC(=O)Nc1ccc2c(c1)CC[C@@]21OC(=O)N(CC(O)N2C(C)CCC2(c2ccc(OC)cc2)c2ccc(OC)cc2)C1=O. The third-order valence-electron chi connectivity index (χ3n) is 9.49. The zero-order valence-corrected chi connectivity index (χ0v) is 25.8. The predicted octanol–water partition coefficient (Wildman–Crippen LogP) is 4.32. The van der Waals surface area contributed by atoms with E-state index < -0.39 is 29.4 Å². The molecule has 3 aliphatic rings. The largest absolute Gasteiger partial charge is 0.497 e. The van der Waals surface area contributed by atoms with Crippen LogP contribution in [0.3, 0.4) is 0 Å². The average Bonchev–Trinajstić information content (AvgIpc) is 3.68. The third-order valence-corrected chi connectivity index (χ3v) is 9.49. The Hall–Kier alpha value is -4.61. The molecule has 2 unspecified atom stereocenters. The lowest BCUT2D eigenvalue weighted by Gasteiger charge is -2.44. The van der Waals surface area contributed by atoms with E-state index in [1.165, 1.54) is 7.05 Å². The molecule has 0 radical (unpaired) electrons. The summed E-state index contributed by atoms with van der Waals surface area (Å²) in [4.78, 5) is 42.2. The number of hydrogen-bond acceptors (Lipinski definition) is 8. The Morgan fingerprint density at radius 3 is 2.20 bits per heavy atom. The van der Waals surface area contributed by atoms with Gasteiger partial charge in [-0.25, -0.2) is 14.5 Å². The quantitative estimate of drug-likeness (QED) is 0.342. The van der Waals surface area contributed by atoms with Crippen molar-refractivity contribution in [3.8, 4) is 11.5 Å². The minimum Gasteiger partial charge on any atom is -0.497 e. The lowest BCUT2D eigenvalue weighted by Crippen LogP contribution is -2.55. The Morgan fingerprint density at radius 2 is 1.62 bits per heavy atom. The minimum atomic E-state index is -1.46. The number of urea groups is 1. The van der Waals surface area contributed by atoms with Crippen LogP contribution in [0.4, 0.5) is 15.3 Å². The van der Waals surface area contributed by atoms with Crippen LogP contribution in [0.5, 0.6) is 11.5 Å². The van der Waals surface area contributed by atoms with Gasteiger partial charge in [0.05, 0.1) is 26.3 Å². The van der Waals surface area contributed by atoms with Crippen LogP contribution in [-0.2, 0) is 27.1 Å². The molecule has 2 heterocycles. The molecule has 11 heteroatoms. The molecule has 6 rings (SSSR count). The highest BCUT2D eigenvalue weighted by atomic mass is 16.6. The van der Waals surface area contributed by atoms with E-state index in [2.05, 4.69) is 10.6 Å². The van der Waals surface area contributed by atoms with E-state index in [9.17, 15) is 19.5 Å². The molecule has 2 fully saturated rings. The molecule has 3 N–H and O–H groups in total. The van der Waals surface area contributed by atoms with E-state index in [4.69, 9.17) is 14.2 Å². The van der Waals surface area contributed by atoms with Gasteiger partial charge in [0.25, 0.3) is 5.91 Å². The summed E-state index contributed by atoms with van der Waals surface area (Å²) in [6.07, 6.45) is 0.271. The molecular formula is C34H38N4O7. The van der Waals surface area contributed by atoms with Crippen molar-refractivity contribution in [3.05, 3.63) is 89.0 Å². The van der Waals surface area contributed by atoms with Gasteiger partial charge < -0.3 is 30.0 Å². The number of nitrogens with zero attached hydrogens (tertiary/aromatic N) is 2. The Morgan fingerprint density at radius 1 is 1.00 bits per heavy atom. The minimum absolute atomic E-state index is 0.0784. The second-order valence-corrected chi connectivity index (χ2v) is 11.8. The monoisotopic (exact) mass is 614 g/mol. The van der Waals surface area contributed by atoms with Gasteiger partial charge in [-0.05, 0) is 79.3 Å². The highest BCUT2D eigenvalue weighted by Gasteiger charge is 2.59. The number of imide groups is 1. The molecule has 2 saturated heterocycles. The van der Waals surface area contributed by atoms with E-state index in [1.807, 2.05) is 60.4 Å². The molecule has 3 aromatic rings. The fourth-order valence-electron chi connectivity index (χ4n) is 7.29. The number of aryl methyl sites for hydroxylation is 1. The Balaban J connectivity index is 1.32. The second-order valence-electron chi connectivity index (χ2n) is 11.8. The van der Waals surface area contributed by atoms with E-state index >= 15 is 0 Å². The van der Waals surface area contributed by atoms with Gasteiger partial charge in [0.2, 0.25) is 5.60 Å². The van der Waals surface area contributed by atoms with Crippen molar-refractivity contribution in [3.63, 3.8) is 0 Å². The molecule has 11 nitrogen and oxygen atoms in total. The zero-order chi connectivity index (χ0) is 31.9. The number of rotatable bonds is 8. The molecule has 3 atom stereocenters. The van der Waals surface area contributed by atoms with Crippen molar-refractivity contribution in [2.45, 2.75) is 56.0 Å². The predicted molar refractivity (Wildman–Crippen MR) is 166 cm³/mol. The van der Waals surface area contributed by atoms with Crippen molar-refractivity contribution in [2.75, 3.05) is 33.1 Å². The van der Waals surface area contributed by atoms with E-state index in [-0.39, 0.29) is 25.0 Å². The summed E-state index contributed by atoms with van der Waals surface area (Å²) in [6, 6.07) is 20.3. The number of methoxy groups -OCH3 is 2. The van der Waals surface area contributed by atoms with Crippen molar-refractivity contribution >= 4 is 23.7 Å². The molecule has 4 amide bonds. The first-order chi connectivity index (χ1) is 21.7. The molecule has 3 aromatic carbocycles. The fourth-order valence-corrected chi connectivity index (χ4v) is 7.29. The molecule has 45 heavy (non-hydrogen) atoms. The van der Waals surface area contributed by atoms with E-state index in [0.29, 0.717) is 35.6 Å². The summed E-state index contributed by atoms with van der Waals surface area (Å²) in [6.45, 7) is 1.78. The normalized spacial score (nSPS) is 22.7. The molecule has 2 aliphatic heterocycles. The van der Waals surface area contributed by atoms with Gasteiger partial charge in [0.1, 0.15) is 17.7 Å². The second kappa shape index (κ2) is 11.7. The smallest absolute Gasteiger partial charge is 0.418 e. The van der Waals surface area contributed by atoms with Crippen LogP contribution in [0.1, 0.15) is 48.4 Å². The summed E-state index contributed by atoms with van der Waals surface area (Å²) >= 11 is 0. The Bertz CT molecular complexity index is 1560. The maximum absolute atomic E-state index is 14.0. The number of likely N-dealkylation sites (tertiary alicyclic amines) is 1. The van der Waals surface area contributed by atoms with E-state index in [0.717, 1.165) is 28.0 Å². The van der Waals surface area contributed by atoms with Crippen LogP contribution in [0, 0.1) is 0 Å². The Labute approximate surface area is 262 Å². The lowest BCUT2D eigenvalue weighted by atomic mass is 9.80. The number of benzene rings is 3. The van der Waals surface area contributed by atoms with Crippen LogP contribution in [0.15, 0.2) is 66.7 Å². The van der Waals surface area contributed by atoms with Gasteiger partial charge in [-0.3, -0.25) is 9.69 Å². The Kier molecular flexibility index (Phi) is 7.92. The number of aliphatic hydroxyl groups excluding tert-OH is 1. The van der Waals surface area contributed by atoms with Crippen LogP contribution in [0.25, 0.3) is 0 Å². The highest BCUT2D eigenvalue weighted by Crippen LogP contribution is 2.50. The maximum Gasteiger partial charge on any atom is 0.418 e. The van der Waals surface area contributed by atoms with Gasteiger partial charge in [0, 0.05) is 30.8 Å². The van der Waals surface area contributed by atoms with Gasteiger partial charge >= 0.3 is 12.1 Å². The first-order valence-electron chi connectivity index (χ1n) is 15.1. The molecule has 236 valence electrons. The number of amides is 4. The van der Waals surface area contributed by atoms with Gasteiger partial charge in [0.15, 0.2) is 0 Å². The molecular weight excluding hydrogens is 576 g/mol. The number of aliphatic hydroxyl groups is 1. The fraction of sp³-hybridized carbons (Fsp3) is 0.382. The number of anilines is 1. The number of β-amino-alcohol motifs (C(OH)–C–C–N with tert-alkyl or cyclic N) is 1. The third kappa shape index (κ3) is 4.96. The molecule has 0 saturated carbocycles. The summed E-state index contributed by atoms with van der Waals surface area (Å²) in [5, 5.41) is 17.2. The number of nitrogens with one attached hydrogen (secondary N) is 2. The van der Waals surface area contributed by atoms with Crippen LogP contribution in [-0.4, -0.2) is 73.0 Å². The van der Waals surface area contributed by atoms with Crippen molar-refractivity contribution in [2.24, 2.45) is 0 Å². The van der Waals surface area contributed by atoms with Gasteiger partial charge in [-0.15, -0.1) is 0 Å². The molecule has 1 aliphatic carbocycles. The summed E-state index contributed by atoms with van der Waals surface area (Å²) in [5.74, 6) is 0.931. The number of ether oxygens (including phenoxy) is 3. The summed E-state index contributed by atoms with van der Waals surface area (Å²) in [5.41, 5.74) is 1.68. The number of fused-ring (bicyclic) bond motifs is 2. The van der Waals surface area contributed by atoms with E-state index in [1.54, 1.807) is 32.4 Å². The summed E-state index contributed by atoms with van der Waals surface area (Å²) < 4.78 is 16.7.